The van der Waals surface area contributed by atoms with Crippen molar-refractivity contribution in [2.45, 2.75) is 38.8 Å². The van der Waals surface area contributed by atoms with Crippen LogP contribution in [0.15, 0.2) is 18.2 Å². The van der Waals surface area contributed by atoms with E-state index in [0.29, 0.717) is 5.56 Å². The summed E-state index contributed by atoms with van der Waals surface area (Å²) in [6, 6.07) is 5.42. The van der Waals surface area contributed by atoms with Crippen LogP contribution in [0.5, 0.6) is 0 Å². The normalized spacial score (nSPS) is 14.6. The Balaban J connectivity index is 1.81. The van der Waals surface area contributed by atoms with Gasteiger partial charge in [-0.25, -0.2) is 4.79 Å². The predicted molar refractivity (Wildman–Crippen MR) is 73.1 cm³/mol. The van der Waals surface area contributed by atoms with Crippen LogP contribution in [-0.4, -0.2) is 34.2 Å². The van der Waals surface area contributed by atoms with Gasteiger partial charge in [0.2, 0.25) is 0 Å². The molecular weight excluding hydrogens is 242 g/mol. The highest BCUT2D eigenvalue weighted by Gasteiger charge is 2.19. The smallest absolute Gasteiger partial charge is 0.335 e. The lowest BCUT2D eigenvalue weighted by Crippen LogP contribution is -2.17. The number of aliphatic hydroxyl groups excluding tert-OH is 1. The van der Waals surface area contributed by atoms with Gasteiger partial charge in [0.05, 0.1) is 5.56 Å². The van der Waals surface area contributed by atoms with Crippen LogP contribution in [0.25, 0.3) is 0 Å². The number of aliphatic hydroxyl groups is 1. The first-order valence-corrected chi connectivity index (χ1v) is 6.89. The summed E-state index contributed by atoms with van der Waals surface area (Å²) in [4.78, 5) is 13.3. The van der Waals surface area contributed by atoms with Crippen LogP contribution in [0.4, 0.5) is 0 Å². The summed E-state index contributed by atoms with van der Waals surface area (Å²) in [5.41, 5.74) is 2.78. The summed E-state index contributed by atoms with van der Waals surface area (Å²) in [5, 5.41) is 17.7. The topological polar surface area (TPSA) is 60.8 Å². The summed E-state index contributed by atoms with van der Waals surface area (Å²) in [7, 11) is 0. The first-order chi connectivity index (χ1) is 9.20. The molecule has 2 rings (SSSR count). The largest absolute Gasteiger partial charge is 0.478 e. The van der Waals surface area contributed by atoms with E-state index in [9.17, 15) is 4.79 Å². The van der Waals surface area contributed by atoms with Crippen molar-refractivity contribution >= 4 is 5.97 Å². The molecule has 0 bridgehead atoms. The summed E-state index contributed by atoms with van der Waals surface area (Å²) >= 11 is 0. The highest BCUT2D eigenvalue weighted by atomic mass is 16.4. The number of carboxylic acid groups (broad SMARTS) is 1. The van der Waals surface area contributed by atoms with Gasteiger partial charge in [-0.3, -0.25) is 4.90 Å². The molecule has 2 N–H and O–H groups in total. The molecule has 4 nitrogen and oxygen atoms in total. The minimum Gasteiger partial charge on any atom is -0.478 e. The molecular formula is C15H21NO3. The molecule has 1 aliphatic rings. The molecule has 0 fully saturated rings. The molecule has 1 aromatic carbocycles. The fraction of sp³-hybridized carbons (Fsp3) is 0.533. The van der Waals surface area contributed by atoms with Gasteiger partial charge in [0.25, 0.3) is 0 Å². The van der Waals surface area contributed by atoms with Crippen molar-refractivity contribution in [1.29, 1.82) is 0 Å². The third kappa shape index (κ3) is 3.78. The molecule has 0 saturated carbocycles. The lowest BCUT2D eigenvalue weighted by molar-refractivity contribution is 0.0696. The zero-order chi connectivity index (χ0) is 13.7. The second kappa shape index (κ2) is 6.68. The molecule has 1 aliphatic heterocycles. The standard InChI is InChI=1S/C15H21NO3/c17-8-4-2-1-3-7-16-10-13-6-5-12(15(18)19)9-14(13)11-16/h5-6,9,17H,1-4,7-8,10-11H2,(H,18,19). The van der Waals surface area contributed by atoms with E-state index in [0.717, 1.165) is 50.9 Å². The SMILES string of the molecule is O=C(O)c1ccc2c(c1)CN(CCCCCCO)C2. The highest BCUT2D eigenvalue weighted by molar-refractivity contribution is 5.87. The lowest BCUT2D eigenvalue weighted by atomic mass is 10.1. The van der Waals surface area contributed by atoms with Crippen LogP contribution in [-0.2, 0) is 13.1 Å². The first kappa shape index (κ1) is 14.0. The lowest BCUT2D eigenvalue weighted by Gasteiger charge is -2.14. The fourth-order valence-corrected chi connectivity index (χ4v) is 2.56. The molecule has 4 heteroatoms. The van der Waals surface area contributed by atoms with E-state index < -0.39 is 5.97 Å². The third-order valence-corrected chi connectivity index (χ3v) is 3.62. The number of benzene rings is 1. The van der Waals surface area contributed by atoms with Crippen molar-refractivity contribution in [2.75, 3.05) is 13.2 Å². The molecule has 1 heterocycles. The van der Waals surface area contributed by atoms with E-state index >= 15 is 0 Å². The highest BCUT2D eigenvalue weighted by Crippen LogP contribution is 2.24. The van der Waals surface area contributed by atoms with E-state index in [1.807, 2.05) is 6.07 Å². The molecule has 0 aromatic heterocycles. The summed E-state index contributed by atoms with van der Waals surface area (Å²) < 4.78 is 0. The molecule has 0 radical (unpaired) electrons. The van der Waals surface area contributed by atoms with Crippen LogP contribution in [0.1, 0.15) is 47.2 Å². The third-order valence-electron chi connectivity index (χ3n) is 3.62. The van der Waals surface area contributed by atoms with Gasteiger partial charge >= 0.3 is 5.97 Å². The minimum absolute atomic E-state index is 0.285. The molecule has 0 spiro atoms. The number of fused-ring (bicyclic) bond motifs is 1. The van der Waals surface area contributed by atoms with E-state index in [4.69, 9.17) is 10.2 Å². The molecule has 0 unspecified atom stereocenters. The molecule has 0 aliphatic carbocycles. The fourth-order valence-electron chi connectivity index (χ4n) is 2.56. The van der Waals surface area contributed by atoms with Gasteiger partial charge < -0.3 is 10.2 Å². The number of hydrogen-bond acceptors (Lipinski definition) is 3. The van der Waals surface area contributed by atoms with Crippen LogP contribution in [0.2, 0.25) is 0 Å². The van der Waals surface area contributed by atoms with Crippen LogP contribution >= 0.6 is 0 Å². The number of carboxylic acids is 1. The number of hydrogen-bond donors (Lipinski definition) is 2. The Morgan fingerprint density at radius 3 is 2.58 bits per heavy atom. The molecule has 0 amide bonds. The minimum atomic E-state index is -0.856. The zero-order valence-corrected chi connectivity index (χ0v) is 11.1. The van der Waals surface area contributed by atoms with Gasteiger partial charge in [-0.1, -0.05) is 18.9 Å². The Morgan fingerprint density at radius 2 is 1.84 bits per heavy atom. The average Bonchev–Trinajstić information content (AvgIpc) is 2.80. The van der Waals surface area contributed by atoms with Crippen molar-refractivity contribution in [2.24, 2.45) is 0 Å². The van der Waals surface area contributed by atoms with E-state index in [1.165, 1.54) is 5.56 Å². The number of rotatable bonds is 7. The van der Waals surface area contributed by atoms with Crippen LogP contribution < -0.4 is 0 Å². The van der Waals surface area contributed by atoms with Gasteiger partial charge in [-0.15, -0.1) is 0 Å². The quantitative estimate of drug-likeness (QED) is 0.741. The number of nitrogens with zero attached hydrogens (tertiary/aromatic N) is 1. The van der Waals surface area contributed by atoms with Gasteiger partial charge in [0, 0.05) is 19.7 Å². The summed E-state index contributed by atoms with van der Waals surface area (Å²) in [6.07, 6.45) is 4.26. The van der Waals surface area contributed by atoms with Crippen molar-refractivity contribution in [3.05, 3.63) is 34.9 Å². The Hall–Kier alpha value is -1.39. The Morgan fingerprint density at radius 1 is 1.11 bits per heavy atom. The predicted octanol–water partition coefficient (Wildman–Crippen LogP) is 2.25. The Kier molecular flexibility index (Phi) is 4.93. The maximum atomic E-state index is 10.9. The Labute approximate surface area is 113 Å². The van der Waals surface area contributed by atoms with Crippen molar-refractivity contribution in [3.63, 3.8) is 0 Å². The van der Waals surface area contributed by atoms with Crippen molar-refractivity contribution in [3.8, 4) is 0 Å². The first-order valence-electron chi connectivity index (χ1n) is 6.89. The van der Waals surface area contributed by atoms with Crippen LogP contribution in [0, 0.1) is 0 Å². The van der Waals surface area contributed by atoms with E-state index in [2.05, 4.69) is 4.90 Å². The molecule has 0 saturated heterocycles. The molecule has 104 valence electrons. The summed E-state index contributed by atoms with van der Waals surface area (Å²) in [5.74, 6) is -0.856. The molecule has 1 aromatic rings. The Bertz CT molecular complexity index is 445. The summed E-state index contributed by atoms with van der Waals surface area (Å²) in [6.45, 7) is 3.11. The van der Waals surface area contributed by atoms with E-state index in [1.54, 1.807) is 12.1 Å². The number of unbranched alkanes of at least 4 members (excludes halogenated alkanes) is 3. The average molecular weight is 263 g/mol. The second-order valence-corrected chi connectivity index (χ2v) is 5.14. The van der Waals surface area contributed by atoms with E-state index in [-0.39, 0.29) is 6.61 Å². The van der Waals surface area contributed by atoms with Gasteiger partial charge in [-0.05, 0) is 42.6 Å². The van der Waals surface area contributed by atoms with Gasteiger partial charge in [0.1, 0.15) is 0 Å². The zero-order valence-electron chi connectivity index (χ0n) is 11.1. The number of carbonyl (C=O) groups is 1. The van der Waals surface area contributed by atoms with Gasteiger partial charge in [0.15, 0.2) is 0 Å². The van der Waals surface area contributed by atoms with Gasteiger partial charge in [-0.2, -0.15) is 0 Å². The monoisotopic (exact) mass is 263 g/mol. The van der Waals surface area contributed by atoms with Crippen molar-refractivity contribution < 1.29 is 15.0 Å². The van der Waals surface area contributed by atoms with Crippen molar-refractivity contribution in [1.82, 2.24) is 4.90 Å². The molecule has 0 atom stereocenters. The second-order valence-electron chi connectivity index (χ2n) is 5.14. The number of aromatic carboxylic acids is 1. The van der Waals surface area contributed by atoms with Crippen LogP contribution in [0.3, 0.4) is 0 Å². The maximum Gasteiger partial charge on any atom is 0.335 e. The maximum absolute atomic E-state index is 10.9. The molecule has 19 heavy (non-hydrogen) atoms.